The Hall–Kier alpha value is -3.06. The monoisotopic (exact) mass is 589 g/mol. The van der Waals surface area contributed by atoms with E-state index in [9.17, 15) is 18.3 Å². The number of aromatic nitrogens is 4. The van der Waals surface area contributed by atoms with E-state index >= 15 is 0 Å². The minimum absolute atomic E-state index is 0.0142. The van der Waals surface area contributed by atoms with Crippen LogP contribution in [0.5, 0.6) is 5.75 Å². The lowest BCUT2D eigenvalue weighted by Crippen LogP contribution is -2.36. The van der Waals surface area contributed by atoms with E-state index in [2.05, 4.69) is 15.3 Å². The number of carbonyl (C=O) groups is 1. The second-order valence-electron chi connectivity index (χ2n) is 9.42. The number of pyridine rings is 1. The Morgan fingerprint density at radius 1 is 1.31 bits per heavy atom. The second kappa shape index (κ2) is 10.8. The zero-order valence-electron chi connectivity index (χ0n) is 21.7. The number of carboxylic acids is 1. The van der Waals surface area contributed by atoms with Gasteiger partial charge in [-0.15, -0.1) is 16.4 Å². The van der Waals surface area contributed by atoms with E-state index in [-0.39, 0.29) is 36.3 Å². The van der Waals surface area contributed by atoms with Crippen molar-refractivity contribution in [1.82, 2.24) is 24.3 Å². The summed E-state index contributed by atoms with van der Waals surface area (Å²) in [5.74, 6) is -1.17. The molecule has 0 bridgehead atoms. The van der Waals surface area contributed by atoms with E-state index in [4.69, 9.17) is 16.3 Å². The first-order valence-electron chi connectivity index (χ1n) is 12.6. The van der Waals surface area contributed by atoms with E-state index in [1.54, 1.807) is 10.7 Å². The maximum atomic E-state index is 13.6. The molecule has 13 heteroatoms. The average Bonchev–Trinajstić information content (AvgIpc) is 3.47. The third kappa shape index (κ3) is 5.13. The molecule has 0 amide bonds. The molecule has 39 heavy (non-hydrogen) atoms. The van der Waals surface area contributed by atoms with Crippen LogP contribution in [-0.4, -0.2) is 56.4 Å². The predicted octanol–water partition coefficient (Wildman–Crippen LogP) is 4.84. The first-order valence-corrected chi connectivity index (χ1v) is 15.2. The van der Waals surface area contributed by atoms with Gasteiger partial charge in [0.2, 0.25) is 10.0 Å². The van der Waals surface area contributed by atoms with Crippen LogP contribution in [0.2, 0.25) is 4.34 Å². The summed E-state index contributed by atoms with van der Waals surface area (Å²) in [5, 5.41) is 18.3. The summed E-state index contributed by atoms with van der Waals surface area (Å²) in [6, 6.07) is 7.20. The summed E-state index contributed by atoms with van der Waals surface area (Å²) in [6.07, 6.45) is 2.92. The van der Waals surface area contributed by atoms with Gasteiger partial charge in [-0.25, -0.2) is 13.1 Å². The normalized spacial score (nSPS) is 17.9. The minimum Gasteiger partial charge on any atom is -0.488 e. The van der Waals surface area contributed by atoms with Gasteiger partial charge in [0, 0.05) is 30.1 Å². The minimum atomic E-state index is -3.91. The van der Waals surface area contributed by atoms with Gasteiger partial charge in [-0.1, -0.05) is 29.8 Å². The van der Waals surface area contributed by atoms with Crippen LogP contribution in [0.4, 0.5) is 0 Å². The van der Waals surface area contributed by atoms with E-state index in [1.165, 1.54) is 28.0 Å². The van der Waals surface area contributed by atoms with Crippen molar-refractivity contribution in [2.45, 2.75) is 63.6 Å². The quantitative estimate of drug-likeness (QED) is 0.309. The van der Waals surface area contributed by atoms with Gasteiger partial charge in [0.15, 0.2) is 0 Å². The molecule has 0 unspecified atom stereocenters. The highest BCUT2D eigenvalue weighted by Crippen LogP contribution is 2.41. The third-order valence-corrected chi connectivity index (χ3v) is 10.4. The highest BCUT2D eigenvalue weighted by molar-refractivity contribution is 7.89. The topological polar surface area (TPSA) is 128 Å². The van der Waals surface area contributed by atoms with Crippen LogP contribution >= 0.6 is 22.9 Å². The number of ether oxygens (including phenoxy) is 1. The summed E-state index contributed by atoms with van der Waals surface area (Å²) in [6.45, 7) is 6.67. The first-order chi connectivity index (χ1) is 18.6. The predicted molar refractivity (Wildman–Crippen MR) is 148 cm³/mol. The molecule has 0 saturated heterocycles. The maximum absolute atomic E-state index is 13.6. The third-order valence-electron chi connectivity index (χ3n) is 7.02. The SMILES string of the molecule is CC[C@@H]1CN(Cc2cc([C@@H](CC(=O)O)c3ccc4c(nnn4CC)c3C)sc2Cl)S(=O)(=O)c2cnccc2O1. The van der Waals surface area contributed by atoms with Crippen LogP contribution in [0.1, 0.15) is 54.2 Å². The molecule has 1 aliphatic rings. The van der Waals surface area contributed by atoms with E-state index in [0.717, 1.165) is 27.0 Å². The average molecular weight is 590 g/mol. The lowest BCUT2D eigenvalue weighted by atomic mass is 9.89. The van der Waals surface area contributed by atoms with Crippen molar-refractivity contribution in [1.29, 1.82) is 0 Å². The molecule has 4 heterocycles. The number of sulfonamides is 1. The fourth-order valence-corrected chi connectivity index (χ4v) is 7.84. The first kappa shape index (κ1) is 27.5. The molecule has 3 aromatic heterocycles. The molecule has 1 aliphatic heterocycles. The zero-order chi connectivity index (χ0) is 27.9. The molecule has 0 spiro atoms. The highest BCUT2D eigenvalue weighted by atomic mass is 35.5. The molecule has 10 nitrogen and oxygen atoms in total. The number of aliphatic carboxylic acids is 1. The van der Waals surface area contributed by atoms with Crippen LogP contribution in [-0.2, 0) is 27.9 Å². The van der Waals surface area contributed by atoms with Crippen molar-refractivity contribution in [3.05, 3.63) is 62.6 Å². The smallest absolute Gasteiger partial charge is 0.304 e. The lowest BCUT2D eigenvalue weighted by molar-refractivity contribution is -0.137. The van der Waals surface area contributed by atoms with Gasteiger partial charge in [-0.3, -0.25) is 9.78 Å². The van der Waals surface area contributed by atoms with Crippen molar-refractivity contribution in [2.75, 3.05) is 6.54 Å². The number of hydrogen-bond acceptors (Lipinski definition) is 8. The maximum Gasteiger partial charge on any atom is 0.304 e. The van der Waals surface area contributed by atoms with Crippen molar-refractivity contribution in [2.24, 2.45) is 0 Å². The van der Waals surface area contributed by atoms with E-state index < -0.39 is 21.9 Å². The Morgan fingerprint density at radius 2 is 2.10 bits per heavy atom. The Kier molecular flexibility index (Phi) is 7.64. The summed E-state index contributed by atoms with van der Waals surface area (Å²) in [5.41, 5.74) is 3.88. The Labute approximate surface area is 235 Å². The molecule has 0 aliphatic carbocycles. The number of fused-ring (bicyclic) bond motifs is 2. The number of hydrogen-bond donors (Lipinski definition) is 1. The Bertz CT molecular complexity index is 1650. The largest absolute Gasteiger partial charge is 0.488 e. The van der Waals surface area contributed by atoms with Gasteiger partial charge in [-0.05, 0) is 55.2 Å². The Morgan fingerprint density at radius 3 is 2.82 bits per heavy atom. The molecule has 206 valence electrons. The molecule has 0 radical (unpaired) electrons. The molecule has 4 aromatic rings. The van der Waals surface area contributed by atoms with Gasteiger partial charge in [0.1, 0.15) is 22.3 Å². The fraction of sp³-hybridized carbons (Fsp3) is 0.385. The Balaban J connectivity index is 1.53. The van der Waals surface area contributed by atoms with Crippen molar-refractivity contribution in [3.8, 4) is 5.75 Å². The summed E-state index contributed by atoms with van der Waals surface area (Å²) < 4.78 is 36.7. The lowest BCUT2D eigenvalue weighted by Gasteiger charge is -2.22. The standard InChI is InChI=1S/C26H28ClN5O5S2/c1-4-17-14-31(39(35,36)23-12-28-9-8-21(23)37-17)13-16-10-22(38-26(16)27)19(11-24(33)34)18-6-7-20-25(15(18)3)29-30-32(20)5-2/h6-10,12,17,19H,4-5,11,13-14H2,1-3H3,(H,33,34)/t17-,19+/m1/s1. The number of halogens is 1. The van der Waals surface area contributed by atoms with Crippen LogP contribution in [0, 0.1) is 6.92 Å². The number of aryl methyl sites for hydroxylation is 2. The highest BCUT2D eigenvalue weighted by Gasteiger charge is 2.35. The number of nitrogens with zero attached hydrogens (tertiary/aromatic N) is 5. The van der Waals surface area contributed by atoms with Crippen molar-refractivity contribution >= 4 is 50.0 Å². The van der Waals surface area contributed by atoms with Crippen molar-refractivity contribution < 1.29 is 23.1 Å². The molecule has 1 N–H and O–H groups in total. The fourth-order valence-electron chi connectivity index (χ4n) is 4.93. The van der Waals surface area contributed by atoms with Gasteiger partial charge >= 0.3 is 5.97 Å². The van der Waals surface area contributed by atoms with E-state index in [0.29, 0.717) is 22.9 Å². The zero-order valence-corrected chi connectivity index (χ0v) is 24.1. The van der Waals surface area contributed by atoms with Crippen molar-refractivity contribution in [3.63, 3.8) is 0 Å². The molecule has 0 fully saturated rings. The molecular formula is C26H28ClN5O5S2. The second-order valence-corrected chi connectivity index (χ2v) is 13.0. The van der Waals surface area contributed by atoms with Crippen LogP contribution in [0.15, 0.2) is 41.6 Å². The van der Waals surface area contributed by atoms with Crippen LogP contribution in [0.3, 0.4) is 0 Å². The van der Waals surface area contributed by atoms with Gasteiger partial charge < -0.3 is 9.84 Å². The summed E-state index contributed by atoms with van der Waals surface area (Å²) in [4.78, 5) is 16.7. The molecule has 1 aromatic carbocycles. The summed E-state index contributed by atoms with van der Waals surface area (Å²) in [7, 11) is -3.91. The molecule has 5 rings (SSSR count). The molecule has 0 saturated carbocycles. The number of benzene rings is 1. The number of carboxylic acid groups (broad SMARTS) is 1. The van der Waals surface area contributed by atoms with Gasteiger partial charge in [-0.2, -0.15) is 4.31 Å². The molecule has 2 atom stereocenters. The molecular weight excluding hydrogens is 562 g/mol. The summed E-state index contributed by atoms with van der Waals surface area (Å²) >= 11 is 7.94. The van der Waals surface area contributed by atoms with Gasteiger partial charge in [0.05, 0.1) is 29.0 Å². The number of rotatable bonds is 8. The van der Waals surface area contributed by atoms with E-state index in [1.807, 2.05) is 39.0 Å². The van der Waals surface area contributed by atoms with Crippen LogP contribution < -0.4 is 4.74 Å². The van der Waals surface area contributed by atoms with Gasteiger partial charge in [0.25, 0.3) is 0 Å². The van der Waals surface area contributed by atoms with Crippen LogP contribution in [0.25, 0.3) is 11.0 Å². The number of thiophene rings is 1.